The fourth-order valence-electron chi connectivity index (χ4n) is 1.03. The molecule has 2 heterocycles. The number of carbonyl (C=O) groups is 1. The summed E-state index contributed by atoms with van der Waals surface area (Å²) in [6, 6.07) is 0. The standard InChI is InChI=1S/C6H6N2O4/c9-5-7-4(3-12-5)8-1-2-11-6(8)10/h1-2,4H,3H2,(H,7,9). The van der Waals surface area contributed by atoms with Crippen LogP contribution in [-0.2, 0) is 4.74 Å². The van der Waals surface area contributed by atoms with Gasteiger partial charge in [-0.2, -0.15) is 0 Å². The first-order valence-electron chi connectivity index (χ1n) is 3.36. The number of hydrogen-bond donors (Lipinski definition) is 1. The lowest BCUT2D eigenvalue weighted by Crippen LogP contribution is -2.29. The monoisotopic (exact) mass is 170 g/mol. The summed E-state index contributed by atoms with van der Waals surface area (Å²) in [5, 5.41) is 2.44. The average Bonchev–Trinajstić information content (AvgIpc) is 2.58. The Morgan fingerprint density at radius 3 is 2.92 bits per heavy atom. The molecule has 6 nitrogen and oxygen atoms in total. The molecular weight excluding hydrogens is 164 g/mol. The molecule has 0 spiro atoms. The van der Waals surface area contributed by atoms with E-state index in [0.29, 0.717) is 0 Å². The molecular formula is C6H6N2O4. The fraction of sp³-hybridized carbons (Fsp3) is 0.333. The van der Waals surface area contributed by atoms with E-state index >= 15 is 0 Å². The van der Waals surface area contributed by atoms with Gasteiger partial charge in [0.05, 0.1) is 0 Å². The Bertz CT molecular complexity index is 352. The number of ether oxygens (including phenoxy) is 1. The van der Waals surface area contributed by atoms with Gasteiger partial charge in [0.2, 0.25) is 0 Å². The van der Waals surface area contributed by atoms with Gasteiger partial charge in [0.1, 0.15) is 19.0 Å². The normalized spacial score (nSPS) is 22.0. The minimum absolute atomic E-state index is 0.151. The second-order valence-electron chi connectivity index (χ2n) is 2.33. The van der Waals surface area contributed by atoms with Crippen molar-refractivity contribution in [1.82, 2.24) is 9.88 Å². The topological polar surface area (TPSA) is 73.5 Å². The van der Waals surface area contributed by atoms with Gasteiger partial charge >= 0.3 is 11.8 Å². The van der Waals surface area contributed by atoms with Crippen molar-refractivity contribution in [2.24, 2.45) is 0 Å². The number of cyclic esters (lactones) is 1. The molecule has 1 saturated heterocycles. The fourth-order valence-corrected chi connectivity index (χ4v) is 1.03. The van der Waals surface area contributed by atoms with Crippen molar-refractivity contribution in [3.05, 3.63) is 23.0 Å². The van der Waals surface area contributed by atoms with E-state index in [9.17, 15) is 9.59 Å². The number of amides is 1. The van der Waals surface area contributed by atoms with Crippen LogP contribution in [0.3, 0.4) is 0 Å². The van der Waals surface area contributed by atoms with Gasteiger partial charge in [0, 0.05) is 6.20 Å². The van der Waals surface area contributed by atoms with Gasteiger partial charge in [-0.3, -0.25) is 9.88 Å². The molecule has 0 aliphatic carbocycles. The van der Waals surface area contributed by atoms with Crippen LogP contribution in [0, 0.1) is 0 Å². The van der Waals surface area contributed by atoms with E-state index in [0.717, 1.165) is 0 Å². The number of rotatable bonds is 1. The quantitative estimate of drug-likeness (QED) is 0.626. The van der Waals surface area contributed by atoms with Crippen molar-refractivity contribution < 1.29 is 13.9 Å². The highest BCUT2D eigenvalue weighted by Gasteiger charge is 2.24. The molecule has 1 fully saturated rings. The van der Waals surface area contributed by atoms with Crippen molar-refractivity contribution in [2.75, 3.05) is 6.61 Å². The average molecular weight is 170 g/mol. The Morgan fingerprint density at radius 2 is 2.42 bits per heavy atom. The van der Waals surface area contributed by atoms with Gasteiger partial charge < -0.3 is 9.15 Å². The minimum Gasteiger partial charge on any atom is -0.445 e. The Balaban J connectivity index is 2.27. The third-order valence-electron chi connectivity index (χ3n) is 1.59. The summed E-state index contributed by atoms with van der Waals surface area (Å²) in [5.74, 6) is -0.509. The molecule has 1 aliphatic rings. The first-order chi connectivity index (χ1) is 5.77. The smallest absolute Gasteiger partial charge is 0.420 e. The van der Waals surface area contributed by atoms with Crippen LogP contribution in [0.4, 0.5) is 4.79 Å². The lowest BCUT2D eigenvalue weighted by molar-refractivity contribution is 0.174. The maximum Gasteiger partial charge on any atom is 0.420 e. The lowest BCUT2D eigenvalue weighted by Gasteiger charge is -2.04. The molecule has 1 atom stereocenters. The molecule has 1 aliphatic heterocycles. The number of nitrogens with zero attached hydrogens (tertiary/aromatic N) is 1. The Hall–Kier alpha value is -1.72. The zero-order valence-electron chi connectivity index (χ0n) is 6.02. The van der Waals surface area contributed by atoms with Crippen molar-refractivity contribution in [2.45, 2.75) is 6.17 Å². The maximum atomic E-state index is 10.9. The predicted molar refractivity (Wildman–Crippen MR) is 36.5 cm³/mol. The lowest BCUT2D eigenvalue weighted by atomic mass is 10.5. The van der Waals surface area contributed by atoms with E-state index in [4.69, 9.17) is 0 Å². The highest BCUT2D eigenvalue weighted by molar-refractivity contribution is 5.69. The molecule has 6 heteroatoms. The summed E-state index contributed by atoms with van der Waals surface area (Å²) in [4.78, 5) is 21.5. The molecule has 1 unspecified atom stereocenters. The number of hydrogen-bond acceptors (Lipinski definition) is 4. The second kappa shape index (κ2) is 2.40. The van der Waals surface area contributed by atoms with Crippen LogP contribution in [0.5, 0.6) is 0 Å². The van der Waals surface area contributed by atoms with E-state index in [2.05, 4.69) is 14.5 Å². The predicted octanol–water partition coefficient (Wildman–Crippen LogP) is -0.320. The van der Waals surface area contributed by atoms with Gasteiger partial charge in [0.15, 0.2) is 0 Å². The van der Waals surface area contributed by atoms with E-state index in [1.807, 2.05) is 0 Å². The first-order valence-corrected chi connectivity index (χ1v) is 3.36. The molecule has 1 aromatic heterocycles. The molecule has 0 bridgehead atoms. The van der Waals surface area contributed by atoms with E-state index in [1.54, 1.807) is 0 Å². The number of oxazole rings is 1. The summed E-state index contributed by atoms with van der Waals surface area (Å²) in [5.41, 5.74) is 0. The molecule has 0 saturated carbocycles. The van der Waals surface area contributed by atoms with Gasteiger partial charge in [-0.05, 0) is 0 Å². The van der Waals surface area contributed by atoms with Gasteiger partial charge in [0.25, 0.3) is 0 Å². The highest BCUT2D eigenvalue weighted by Crippen LogP contribution is 2.06. The third kappa shape index (κ3) is 0.969. The van der Waals surface area contributed by atoms with Crippen molar-refractivity contribution in [3.8, 4) is 0 Å². The minimum atomic E-state index is -0.520. The number of nitrogens with one attached hydrogen (secondary N) is 1. The SMILES string of the molecule is O=C1NC(n2ccoc2=O)CO1. The van der Waals surface area contributed by atoms with Gasteiger partial charge in [-0.15, -0.1) is 0 Å². The molecule has 1 aromatic rings. The van der Waals surface area contributed by atoms with Gasteiger partial charge in [-0.25, -0.2) is 9.59 Å². The largest absolute Gasteiger partial charge is 0.445 e. The van der Waals surface area contributed by atoms with Crippen molar-refractivity contribution >= 4 is 6.09 Å². The number of aromatic nitrogens is 1. The number of alkyl carbamates (subject to hydrolysis) is 1. The Kier molecular flexibility index (Phi) is 1.39. The van der Waals surface area contributed by atoms with Crippen molar-refractivity contribution in [3.63, 3.8) is 0 Å². The first kappa shape index (κ1) is 6.96. The highest BCUT2D eigenvalue weighted by atomic mass is 16.6. The zero-order valence-corrected chi connectivity index (χ0v) is 6.02. The van der Waals surface area contributed by atoms with Crippen LogP contribution < -0.4 is 11.1 Å². The summed E-state index contributed by atoms with van der Waals surface area (Å²) in [6.07, 6.45) is 1.74. The van der Waals surface area contributed by atoms with Gasteiger partial charge in [-0.1, -0.05) is 0 Å². The summed E-state index contributed by atoms with van der Waals surface area (Å²) in [7, 11) is 0. The van der Waals surface area contributed by atoms with E-state index < -0.39 is 18.0 Å². The van der Waals surface area contributed by atoms with E-state index in [-0.39, 0.29) is 6.61 Å². The summed E-state index contributed by atoms with van der Waals surface area (Å²) >= 11 is 0. The zero-order chi connectivity index (χ0) is 8.55. The molecule has 12 heavy (non-hydrogen) atoms. The van der Waals surface area contributed by atoms with Crippen LogP contribution in [0.1, 0.15) is 6.17 Å². The molecule has 1 amide bonds. The molecule has 2 rings (SSSR count). The Labute approximate surface area is 66.7 Å². The third-order valence-corrected chi connectivity index (χ3v) is 1.59. The number of carbonyl (C=O) groups excluding carboxylic acids is 1. The molecule has 1 N–H and O–H groups in total. The second-order valence-corrected chi connectivity index (χ2v) is 2.33. The van der Waals surface area contributed by atoms with Crippen LogP contribution in [0.25, 0.3) is 0 Å². The maximum absolute atomic E-state index is 10.9. The summed E-state index contributed by atoms with van der Waals surface area (Å²) in [6.45, 7) is 0.151. The van der Waals surface area contributed by atoms with E-state index in [1.165, 1.54) is 17.0 Å². The van der Waals surface area contributed by atoms with Crippen LogP contribution >= 0.6 is 0 Å². The van der Waals surface area contributed by atoms with Crippen LogP contribution in [0.2, 0.25) is 0 Å². The van der Waals surface area contributed by atoms with Crippen LogP contribution in [-0.4, -0.2) is 17.3 Å². The summed E-state index contributed by atoms with van der Waals surface area (Å²) < 4.78 is 10.4. The molecule has 0 aromatic carbocycles. The van der Waals surface area contributed by atoms with Crippen molar-refractivity contribution in [1.29, 1.82) is 0 Å². The molecule has 64 valence electrons. The Morgan fingerprint density at radius 1 is 1.58 bits per heavy atom. The van der Waals surface area contributed by atoms with Crippen LogP contribution in [0.15, 0.2) is 21.7 Å². The molecule has 0 radical (unpaired) electrons.